The summed E-state index contributed by atoms with van der Waals surface area (Å²) in [5, 5.41) is 60.2. The predicted molar refractivity (Wildman–Crippen MR) is 259 cm³/mol. The Hall–Kier alpha value is -2.75. The maximum atomic E-state index is 12.8. The van der Waals surface area contributed by atoms with Crippen molar-refractivity contribution < 1.29 is 68.2 Å². The summed E-state index contributed by atoms with van der Waals surface area (Å²) in [6.45, 7) is 3.07. The molecule has 1 aliphatic rings. The molecule has 4 unspecified atom stereocenters. The van der Waals surface area contributed by atoms with Crippen LogP contribution in [0.5, 0.6) is 0 Å². The summed E-state index contributed by atoms with van der Waals surface area (Å²) in [4.78, 5) is 35.8. The van der Waals surface area contributed by atoms with Crippen LogP contribution < -0.4 is 0 Å². The number of rotatable bonds is 40. The summed E-state index contributed by atoms with van der Waals surface area (Å²) >= 11 is 0. The summed E-state index contributed by atoms with van der Waals surface area (Å²) in [7, 11) is -5.15. The van der Waals surface area contributed by atoms with Gasteiger partial charge in [0, 0.05) is 12.8 Å². The van der Waals surface area contributed by atoms with Crippen molar-refractivity contribution in [3.8, 4) is 0 Å². The van der Waals surface area contributed by atoms with Crippen molar-refractivity contribution in [2.24, 2.45) is 0 Å². The molecule has 9 atom stereocenters. The number of hydrogen-bond acceptors (Lipinski definition) is 13. The molecule has 1 saturated carbocycles. The topological polar surface area (TPSA) is 230 Å². The fraction of sp³-hybridized carbons (Fsp3) is 0.725. The predicted octanol–water partition coefficient (Wildman–Crippen LogP) is 9.25. The highest BCUT2D eigenvalue weighted by molar-refractivity contribution is 7.47. The minimum Gasteiger partial charge on any atom is -0.462 e. The van der Waals surface area contributed by atoms with Gasteiger partial charge in [0.1, 0.15) is 43.2 Å². The zero-order chi connectivity index (χ0) is 48.7. The third-order valence-corrected chi connectivity index (χ3v) is 12.1. The molecule has 1 fully saturated rings. The maximum absolute atomic E-state index is 12.8. The zero-order valence-electron chi connectivity index (χ0n) is 40.1. The van der Waals surface area contributed by atoms with Gasteiger partial charge < -0.3 is 45.0 Å². The van der Waals surface area contributed by atoms with E-state index in [0.29, 0.717) is 25.7 Å². The Labute approximate surface area is 396 Å². The van der Waals surface area contributed by atoms with Gasteiger partial charge in [0.15, 0.2) is 6.10 Å². The molecule has 1 rings (SSSR count). The van der Waals surface area contributed by atoms with Crippen LogP contribution in [-0.2, 0) is 32.7 Å². The summed E-state index contributed by atoms with van der Waals surface area (Å²) in [5.41, 5.74) is 0. The number of phosphoric acid groups is 1. The second-order valence-corrected chi connectivity index (χ2v) is 18.6. The molecule has 7 N–H and O–H groups in total. The van der Waals surface area contributed by atoms with E-state index in [4.69, 9.17) is 18.5 Å². The molecule has 1 aliphatic carbocycles. The van der Waals surface area contributed by atoms with Crippen molar-refractivity contribution in [3.05, 3.63) is 72.9 Å². The van der Waals surface area contributed by atoms with Gasteiger partial charge in [-0.25, -0.2) is 4.57 Å². The average Bonchev–Trinajstić information content (AvgIpc) is 3.29. The van der Waals surface area contributed by atoms with Gasteiger partial charge in [0.25, 0.3) is 0 Å². The standard InChI is InChI=1S/C51H87O14P/c1-3-5-7-9-11-12-13-14-15-16-17-18-19-24-27-31-35-39-45(54)64-43(41-63-66(60,61)65-51-49(58)47(56)46(55)48(57)50(51)59)40-62-44(53)38-34-30-26-23-21-20-22-25-29-33-37-42(52)36-32-28-10-8-6-4-2/h6,8,20-21,25-26,28-30,32-33,37,42-43,46-52,55-59H,3-5,7,9-19,22-24,27,31,34-36,38-41H2,1-2H3,(H,60,61)/b8-6-,21-20-,29-25-,30-26-,32-28-,37-33+/t42?,43-,46?,47-,48+,49-,50-,51?/m1/s1. The lowest BCUT2D eigenvalue weighted by Crippen LogP contribution is -2.64. The molecule has 380 valence electrons. The third-order valence-electron chi connectivity index (χ3n) is 11.2. The molecule has 0 aromatic heterocycles. The van der Waals surface area contributed by atoms with E-state index < -0.39 is 81.8 Å². The summed E-state index contributed by atoms with van der Waals surface area (Å²) in [6.07, 6.45) is 34.1. The van der Waals surface area contributed by atoms with Crippen LogP contribution in [0.4, 0.5) is 0 Å². The van der Waals surface area contributed by atoms with E-state index in [1.54, 1.807) is 6.08 Å². The molecule has 14 nitrogen and oxygen atoms in total. The van der Waals surface area contributed by atoms with Crippen LogP contribution in [0.25, 0.3) is 0 Å². The van der Waals surface area contributed by atoms with Gasteiger partial charge in [-0.05, 0) is 44.9 Å². The Kier molecular flexibility index (Phi) is 37.3. The van der Waals surface area contributed by atoms with Crippen molar-refractivity contribution >= 4 is 19.8 Å². The van der Waals surface area contributed by atoms with E-state index in [0.717, 1.165) is 44.9 Å². The molecule has 0 bridgehead atoms. The van der Waals surface area contributed by atoms with E-state index in [1.165, 1.54) is 77.0 Å². The van der Waals surface area contributed by atoms with E-state index in [1.807, 2.05) is 54.7 Å². The first-order chi connectivity index (χ1) is 31.8. The monoisotopic (exact) mass is 955 g/mol. The summed E-state index contributed by atoms with van der Waals surface area (Å²) in [5.74, 6) is -1.23. The molecule has 0 aromatic carbocycles. The lowest BCUT2D eigenvalue weighted by molar-refractivity contribution is -0.220. The smallest absolute Gasteiger partial charge is 0.462 e. The SMILES string of the molecule is CC/C=C\C/C=C\CC(O)/C=C/C=C\C/C=C\C/C=C\CCC(=O)OC[C@H](COP(=O)(O)OC1[C@H](O)[C@H](O)C(O)[C@H](O)[C@H]1O)OC(=O)CCCCCCCCCCCCCCCCCCC. The Balaban J connectivity index is 2.50. The highest BCUT2D eigenvalue weighted by Gasteiger charge is 2.51. The molecule has 0 heterocycles. The Morgan fingerprint density at radius 2 is 1.05 bits per heavy atom. The van der Waals surface area contributed by atoms with Crippen LogP contribution >= 0.6 is 7.82 Å². The molecule has 0 radical (unpaired) electrons. The number of phosphoric ester groups is 1. The summed E-state index contributed by atoms with van der Waals surface area (Å²) in [6, 6.07) is 0. The van der Waals surface area contributed by atoms with Crippen molar-refractivity contribution in [2.45, 2.75) is 223 Å². The zero-order valence-corrected chi connectivity index (χ0v) is 41.0. The lowest BCUT2D eigenvalue weighted by Gasteiger charge is -2.41. The molecular weight excluding hydrogens is 868 g/mol. The van der Waals surface area contributed by atoms with Gasteiger partial charge in [0.2, 0.25) is 0 Å². The second-order valence-electron chi connectivity index (χ2n) is 17.1. The molecule has 66 heavy (non-hydrogen) atoms. The van der Waals surface area contributed by atoms with E-state index >= 15 is 0 Å². The number of aliphatic hydroxyl groups is 6. The normalized spacial score (nSPS) is 22.4. The summed E-state index contributed by atoms with van der Waals surface area (Å²) < 4.78 is 33.5. The van der Waals surface area contributed by atoms with Gasteiger partial charge in [0.05, 0.1) is 12.7 Å². The first-order valence-electron chi connectivity index (χ1n) is 24.8. The Morgan fingerprint density at radius 1 is 0.561 bits per heavy atom. The van der Waals surface area contributed by atoms with Crippen LogP contribution in [0.2, 0.25) is 0 Å². The van der Waals surface area contributed by atoms with E-state index in [9.17, 15) is 49.7 Å². The van der Waals surface area contributed by atoms with Crippen molar-refractivity contribution in [2.75, 3.05) is 13.2 Å². The number of carbonyl (C=O) groups is 2. The fourth-order valence-corrected chi connectivity index (χ4v) is 8.14. The van der Waals surface area contributed by atoms with Crippen LogP contribution in [0.1, 0.15) is 174 Å². The number of allylic oxidation sites excluding steroid dienone is 10. The Bertz CT molecular complexity index is 1450. The molecule has 0 aromatic rings. The molecule has 0 amide bonds. The highest BCUT2D eigenvalue weighted by Crippen LogP contribution is 2.47. The fourth-order valence-electron chi connectivity index (χ4n) is 7.16. The lowest BCUT2D eigenvalue weighted by atomic mass is 9.85. The van der Waals surface area contributed by atoms with Crippen molar-refractivity contribution in [1.29, 1.82) is 0 Å². The van der Waals surface area contributed by atoms with Gasteiger partial charge >= 0.3 is 19.8 Å². The van der Waals surface area contributed by atoms with Crippen LogP contribution in [-0.4, -0.2) is 110 Å². The maximum Gasteiger partial charge on any atom is 0.472 e. The van der Waals surface area contributed by atoms with Crippen molar-refractivity contribution in [3.63, 3.8) is 0 Å². The Morgan fingerprint density at radius 3 is 1.61 bits per heavy atom. The highest BCUT2D eigenvalue weighted by atomic mass is 31.2. The van der Waals surface area contributed by atoms with Crippen LogP contribution in [0, 0.1) is 0 Å². The van der Waals surface area contributed by atoms with Gasteiger partial charge in [-0.15, -0.1) is 0 Å². The van der Waals surface area contributed by atoms with E-state index in [2.05, 4.69) is 26.0 Å². The number of hydrogen-bond donors (Lipinski definition) is 7. The molecular formula is C51H87O14P. The molecule has 0 aliphatic heterocycles. The molecule has 15 heteroatoms. The number of unbranched alkanes of at least 4 members (excludes halogenated alkanes) is 16. The number of ether oxygens (including phenoxy) is 2. The third kappa shape index (κ3) is 32.1. The van der Waals surface area contributed by atoms with Gasteiger partial charge in [-0.1, -0.05) is 189 Å². The van der Waals surface area contributed by atoms with Gasteiger partial charge in [-0.2, -0.15) is 0 Å². The van der Waals surface area contributed by atoms with E-state index in [-0.39, 0.29) is 12.8 Å². The first kappa shape index (κ1) is 61.3. The second kappa shape index (κ2) is 40.2. The minimum atomic E-state index is -5.15. The van der Waals surface area contributed by atoms with Gasteiger partial charge in [-0.3, -0.25) is 18.6 Å². The number of esters is 2. The number of aliphatic hydroxyl groups excluding tert-OH is 6. The van der Waals surface area contributed by atoms with Crippen molar-refractivity contribution in [1.82, 2.24) is 0 Å². The first-order valence-corrected chi connectivity index (χ1v) is 26.3. The minimum absolute atomic E-state index is 0.0170. The molecule has 0 spiro atoms. The van der Waals surface area contributed by atoms with Crippen LogP contribution in [0.3, 0.4) is 0 Å². The largest absolute Gasteiger partial charge is 0.472 e. The van der Waals surface area contributed by atoms with Crippen LogP contribution in [0.15, 0.2) is 72.9 Å². The quantitative estimate of drug-likeness (QED) is 0.00999. The molecule has 0 saturated heterocycles. The average molecular weight is 955 g/mol. The number of carbonyl (C=O) groups excluding carboxylic acids is 2.